The minimum absolute atomic E-state index is 0.166. The summed E-state index contributed by atoms with van der Waals surface area (Å²) in [4.78, 5) is 36.9. The fourth-order valence-electron chi connectivity index (χ4n) is 4.88. The molecule has 3 heterocycles. The Hall–Kier alpha value is -3.79. The first-order valence-corrected chi connectivity index (χ1v) is 14.0. The number of methoxy groups -OCH3 is 2. The maximum atomic E-state index is 14.0. The van der Waals surface area contributed by atoms with Crippen LogP contribution in [0.15, 0.2) is 55.8 Å². The van der Waals surface area contributed by atoms with Gasteiger partial charge in [-0.05, 0) is 58.9 Å². The van der Waals surface area contributed by atoms with Gasteiger partial charge < -0.3 is 23.7 Å². The van der Waals surface area contributed by atoms with Crippen LogP contribution in [0.1, 0.15) is 52.0 Å². The highest BCUT2D eigenvalue weighted by Gasteiger charge is 2.36. The number of allylic oxidation sites excluding steroid dienone is 1. The number of hydrogen-bond acceptors (Lipinski definition) is 8. The third kappa shape index (κ3) is 5.25. The number of rotatable bonds is 10. The number of carbonyl (C=O) groups excluding carboxylic acids is 1. The Morgan fingerprint density at radius 1 is 1.08 bits per heavy atom. The van der Waals surface area contributed by atoms with Crippen LogP contribution in [0.2, 0.25) is 0 Å². The van der Waals surface area contributed by atoms with Crippen LogP contribution in [-0.2, 0) is 4.79 Å². The Morgan fingerprint density at radius 2 is 1.79 bits per heavy atom. The minimum atomic E-state index is -0.746. The highest BCUT2D eigenvalue weighted by atomic mass is 32.1. The summed E-state index contributed by atoms with van der Waals surface area (Å²) < 4.78 is 19.3. The van der Waals surface area contributed by atoms with Crippen molar-refractivity contribution in [3.05, 3.63) is 72.6 Å². The molecule has 0 spiro atoms. The molecule has 0 radical (unpaired) electrons. The Bertz CT molecular complexity index is 1560. The van der Waals surface area contributed by atoms with Crippen LogP contribution >= 0.6 is 11.3 Å². The second-order valence-corrected chi connectivity index (χ2v) is 10.0. The zero-order chi connectivity index (χ0) is 28.3. The molecule has 2 aromatic heterocycles. The number of anilines is 1. The van der Waals surface area contributed by atoms with Crippen LogP contribution in [0.25, 0.3) is 6.08 Å². The van der Waals surface area contributed by atoms with Crippen molar-refractivity contribution >= 4 is 29.2 Å². The lowest BCUT2D eigenvalue weighted by Crippen LogP contribution is -2.43. The topological polar surface area (TPSA) is 89.5 Å². The number of carbonyl (C=O) groups is 1. The molecule has 0 aliphatic carbocycles. The first-order chi connectivity index (χ1) is 18.8. The summed E-state index contributed by atoms with van der Waals surface area (Å²) in [5, 5.41) is 0. The van der Waals surface area contributed by atoms with Crippen molar-refractivity contribution in [1.29, 1.82) is 0 Å². The van der Waals surface area contributed by atoms with E-state index in [1.54, 1.807) is 41.9 Å². The van der Waals surface area contributed by atoms with Crippen LogP contribution in [-0.4, -0.2) is 55.8 Å². The molecule has 39 heavy (non-hydrogen) atoms. The molecule has 0 fully saturated rings. The summed E-state index contributed by atoms with van der Waals surface area (Å²) in [5.74, 6) is 2.30. The molecule has 1 amide bonds. The van der Waals surface area contributed by atoms with Gasteiger partial charge in [0.1, 0.15) is 23.3 Å². The van der Waals surface area contributed by atoms with Crippen molar-refractivity contribution in [3.8, 4) is 11.5 Å². The van der Waals surface area contributed by atoms with Crippen molar-refractivity contribution in [3.63, 3.8) is 0 Å². The van der Waals surface area contributed by atoms with E-state index >= 15 is 0 Å². The molecule has 10 heteroatoms. The first-order valence-electron chi connectivity index (χ1n) is 13.2. The lowest BCUT2D eigenvalue weighted by atomic mass is 9.93. The van der Waals surface area contributed by atoms with Gasteiger partial charge in [0.05, 0.1) is 30.0 Å². The highest BCUT2D eigenvalue weighted by molar-refractivity contribution is 7.07. The van der Waals surface area contributed by atoms with Gasteiger partial charge in [-0.3, -0.25) is 14.2 Å². The third-order valence-corrected chi connectivity index (χ3v) is 7.98. The van der Waals surface area contributed by atoms with E-state index in [-0.39, 0.29) is 11.5 Å². The van der Waals surface area contributed by atoms with E-state index in [0.29, 0.717) is 56.5 Å². The van der Waals surface area contributed by atoms with Crippen LogP contribution < -0.4 is 29.3 Å². The van der Waals surface area contributed by atoms with Crippen molar-refractivity contribution in [1.82, 2.24) is 9.47 Å². The summed E-state index contributed by atoms with van der Waals surface area (Å²) in [6.07, 6.45) is 1.74. The van der Waals surface area contributed by atoms with Gasteiger partial charge in [-0.2, -0.15) is 0 Å². The number of likely N-dealkylation sites (N-methyl/N-ethyl adjacent to an activating group) is 1. The molecular formula is C29H36N4O5S. The second-order valence-electron chi connectivity index (χ2n) is 9.02. The summed E-state index contributed by atoms with van der Waals surface area (Å²) in [5.41, 5.74) is 1.39. The lowest BCUT2D eigenvalue weighted by Gasteiger charge is -2.30. The standard InChI is InChI=1S/C29H36N4O5S/c1-8-31(9-2)24-15-13-20(38-24)17-23-27(34)33-26(21-16-19(36-6)12-14-22(21)37-7)25(18(5)30-29(33)39-23)28(35)32(10-3)11-4/h12-17,26H,8-11H2,1-7H3/b23-17+/t26-/m0/s1. The number of ether oxygens (including phenoxy) is 2. The fraction of sp³-hybridized carbons (Fsp3) is 0.414. The van der Waals surface area contributed by atoms with Crippen molar-refractivity contribution in [2.45, 2.75) is 40.7 Å². The monoisotopic (exact) mass is 552 g/mol. The zero-order valence-corrected chi connectivity index (χ0v) is 24.4. The number of thiazole rings is 1. The molecule has 0 N–H and O–H groups in total. The number of furan rings is 1. The largest absolute Gasteiger partial charge is 0.497 e. The van der Waals surface area contributed by atoms with Gasteiger partial charge in [0.2, 0.25) is 0 Å². The number of hydrogen-bond donors (Lipinski definition) is 0. The number of benzene rings is 1. The van der Waals surface area contributed by atoms with Gasteiger partial charge in [0, 0.05) is 43.9 Å². The van der Waals surface area contributed by atoms with E-state index in [1.165, 1.54) is 11.3 Å². The van der Waals surface area contributed by atoms with Gasteiger partial charge in [0.15, 0.2) is 10.7 Å². The second kappa shape index (κ2) is 11.9. The zero-order valence-electron chi connectivity index (χ0n) is 23.6. The van der Waals surface area contributed by atoms with E-state index in [0.717, 1.165) is 19.0 Å². The molecule has 1 atom stereocenters. The maximum absolute atomic E-state index is 14.0. The van der Waals surface area contributed by atoms with Gasteiger partial charge >= 0.3 is 0 Å². The lowest BCUT2D eigenvalue weighted by molar-refractivity contribution is -0.127. The molecule has 0 saturated heterocycles. The Balaban J connectivity index is 1.96. The average Bonchev–Trinajstić information content (AvgIpc) is 3.52. The van der Waals surface area contributed by atoms with E-state index in [2.05, 4.69) is 18.7 Å². The molecule has 0 unspecified atom stereocenters. The summed E-state index contributed by atoms with van der Waals surface area (Å²) in [6, 6.07) is 8.41. The SMILES string of the molecule is CCN(CC)C(=O)C1=C(C)N=c2s/c(=C/c3ccc(N(CC)CC)o3)c(=O)n2[C@H]1c1cc(OC)ccc1OC. The molecule has 0 bridgehead atoms. The van der Waals surface area contributed by atoms with E-state index in [9.17, 15) is 9.59 Å². The minimum Gasteiger partial charge on any atom is -0.497 e. The van der Waals surface area contributed by atoms with Crippen LogP contribution in [0.4, 0.5) is 5.88 Å². The summed E-state index contributed by atoms with van der Waals surface area (Å²) in [7, 11) is 3.15. The number of amides is 1. The molecule has 0 saturated carbocycles. The first kappa shape index (κ1) is 28.2. The summed E-state index contributed by atoms with van der Waals surface area (Å²) >= 11 is 1.27. The maximum Gasteiger partial charge on any atom is 0.271 e. The van der Waals surface area contributed by atoms with E-state index in [4.69, 9.17) is 18.9 Å². The number of aromatic nitrogens is 1. The van der Waals surface area contributed by atoms with Crippen LogP contribution in [0.5, 0.6) is 11.5 Å². The Kier molecular flexibility index (Phi) is 8.64. The van der Waals surface area contributed by atoms with Crippen LogP contribution in [0, 0.1) is 0 Å². The molecular weight excluding hydrogens is 516 g/mol. The predicted molar refractivity (Wildman–Crippen MR) is 154 cm³/mol. The molecule has 1 aliphatic heterocycles. The highest BCUT2D eigenvalue weighted by Crippen LogP contribution is 2.38. The van der Waals surface area contributed by atoms with Gasteiger partial charge in [-0.1, -0.05) is 11.3 Å². The smallest absolute Gasteiger partial charge is 0.271 e. The normalized spacial score (nSPS) is 15.2. The molecule has 9 nitrogen and oxygen atoms in total. The Morgan fingerprint density at radius 3 is 2.41 bits per heavy atom. The van der Waals surface area contributed by atoms with Gasteiger partial charge in [-0.15, -0.1) is 0 Å². The van der Waals surface area contributed by atoms with Gasteiger partial charge in [0.25, 0.3) is 11.5 Å². The predicted octanol–water partition coefficient (Wildman–Crippen LogP) is 3.56. The van der Waals surface area contributed by atoms with Crippen molar-refractivity contribution < 1.29 is 18.7 Å². The number of fused-ring (bicyclic) bond motifs is 1. The van der Waals surface area contributed by atoms with Crippen molar-refractivity contribution in [2.24, 2.45) is 4.99 Å². The van der Waals surface area contributed by atoms with E-state index < -0.39 is 6.04 Å². The third-order valence-electron chi connectivity index (χ3n) is 7.00. The van der Waals surface area contributed by atoms with E-state index in [1.807, 2.05) is 39.0 Å². The quantitative estimate of drug-likeness (QED) is 0.382. The molecule has 4 rings (SSSR count). The molecule has 208 valence electrons. The van der Waals surface area contributed by atoms with Crippen molar-refractivity contribution in [2.75, 3.05) is 45.3 Å². The van der Waals surface area contributed by atoms with Gasteiger partial charge in [-0.25, -0.2) is 4.99 Å². The summed E-state index contributed by atoms with van der Waals surface area (Å²) in [6.45, 7) is 12.5. The average molecular weight is 553 g/mol. The molecule has 1 aliphatic rings. The molecule has 3 aromatic rings. The fourth-order valence-corrected chi connectivity index (χ4v) is 5.90. The number of nitrogens with zero attached hydrogens (tertiary/aromatic N) is 4. The van der Waals surface area contributed by atoms with Crippen LogP contribution in [0.3, 0.4) is 0 Å². The Labute approximate surface area is 232 Å². The molecule has 1 aromatic carbocycles.